The number of sulfonamides is 1. The first kappa shape index (κ1) is 17.1. The van der Waals surface area contributed by atoms with Crippen molar-refractivity contribution in [3.63, 3.8) is 0 Å². The number of nitrogens with zero attached hydrogens (tertiary/aromatic N) is 4. The van der Waals surface area contributed by atoms with Crippen molar-refractivity contribution in [3.8, 4) is 0 Å². The van der Waals surface area contributed by atoms with Crippen molar-refractivity contribution in [2.24, 2.45) is 0 Å². The fourth-order valence-electron chi connectivity index (χ4n) is 3.20. The molecule has 0 saturated carbocycles. The number of hydrogen-bond acceptors (Lipinski definition) is 4. The van der Waals surface area contributed by atoms with E-state index in [0.29, 0.717) is 18.0 Å². The number of likely N-dealkylation sites (N-methyl/N-ethyl adjacent to an activating group) is 1. The normalized spacial score (nSPS) is 19.2. The predicted molar refractivity (Wildman–Crippen MR) is 93.1 cm³/mol. The molecule has 0 fully saturated rings. The Morgan fingerprint density at radius 1 is 1.29 bits per heavy atom. The molecule has 130 valence electrons. The van der Waals surface area contributed by atoms with Crippen LogP contribution in [0.15, 0.2) is 41.4 Å². The Balaban J connectivity index is 2.02. The van der Waals surface area contributed by atoms with Crippen LogP contribution in [0.2, 0.25) is 0 Å². The van der Waals surface area contributed by atoms with Crippen molar-refractivity contribution in [2.75, 3.05) is 20.6 Å². The molecule has 2 heterocycles. The molecular weight excluding hydrogens is 324 g/mol. The number of fused-ring (bicyclic) bond motifs is 1. The SMILES string of the molecule is Cc1cccc(S(=O)(=O)N2Cc3ccnn3CC[C@@H]2CN(C)C)c1. The lowest BCUT2D eigenvalue weighted by atomic mass is 10.2. The zero-order valence-corrected chi connectivity index (χ0v) is 15.2. The Kier molecular flexibility index (Phi) is 4.76. The fraction of sp³-hybridized carbons (Fsp3) is 0.471. The minimum Gasteiger partial charge on any atom is -0.308 e. The summed E-state index contributed by atoms with van der Waals surface area (Å²) in [6.07, 6.45) is 2.48. The molecule has 6 nitrogen and oxygen atoms in total. The Bertz CT molecular complexity index is 814. The first-order valence-electron chi connectivity index (χ1n) is 8.12. The van der Waals surface area contributed by atoms with Crippen molar-refractivity contribution in [3.05, 3.63) is 47.8 Å². The van der Waals surface area contributed by atoms with E-state index in [-0.39, 0.29) is 6.04 Å². The lowest BCUT2D eigenvalue weighted by molar-refractivity contribution is 0.239. The van der Waals surface area contributed by atoms with Crippen molar-refractivity contribution in [1.82, 2.24) is 19.0 Å². The monoisotopic (exact) mass is 348 g/mol. The van der Waals surface area contributed by atoms with Gasteiger partial charge in [0, 0.05) is 25.3 Å². The molecule has 3 rings (SSSR count). The molecule has 7 heteroatoms. The highest BCUT2D eigenvalue weighted by Gasteiger charge is 2.34. The molecule has 1 aliphatic rings. The molecule has 0 bridgehead atoms. The maximum Gasteiger partial charge on any atom is 0.243 e. The summed E-state index contributed by atoms with van der Waals surface area (Å²) in [7, 11) is 0.389. The van der Waals surface area contributed by atoms with Gasteiger partial charge in [0.05, 0.1) is 17.1 Å². The van der Waals surface area contributed by atoms with Crippen LogP contribution in [0.4, 0.5) is 0 Å². The predicted octanol–water partition coefficient (Wildman–Crippen LogP) is 1.72. The highest BCUT2D eigenvalue weighted by molar-refractivity contribution is 7.89. The van der Waals surface area contributed by atoms with Gasteiger partial charge in [-0.25, -0.2) is 8.42 Å². The molecule has 0 radical (unpaired) electrons. The molecule has 1 aliphatic heterocycles. The van der Waals surface area contributed by atoms with Crippen molar-refractivity contribution >= 4 is 10.0 Å². The highest BCUT2D eigenvalue weighted by atomic mass is 32.2. The summed E-state index contributed by atoms with van der Waals surface area (Å²) >= 11 is 0. The minimum atomic E-state index is -3.56. The molecule has 0 amide bonds. The van der Waals surface area contributed by atoms with Gasteiger partial charge in [0.15, 0.2) is 0 Å². The molecule has 1 aromatic carbocycles. The van der Waals surface area contributed by atoms with Crippen LogP contribution in [0.1, 0.15) is 17.7 Å². The second-order valence-corrected chi connectivity index (χ2v) is 8.51. The van der Waals surface area contributed by atoms with Gasteiger partial charge in [-0.15, -0.1) is 0 Å². The van der Waals surface area contributed by atoms with Gasteiger partial charge in [0.2, 0.25) is 10.0 Å². The minimum absolute atomic E-state index is 0.0767. The third-order valence-corrected chi connectivity index (χ3v) is 6.27. The number of aromatic nitrogens is 2. The van der Waals surface area contributed by atoms with Crippen molar-refractivity contribution < 1.29 is 8.42 Å². The van der Waals surface area contributed by atoms with Crippen LogP contribution >= 0.6 is 0 Å². The second-order valence-electron chi connectivity index (χ2n) is 6.62. The summed E-state index contributed by atoms with van der Waals surface area (Å²) in [4.78, 5) is 2.40. The van der Waals surface area contributed by atoms with E-state index < -0.39 is 10.0 Å². The summed E-state index contributed by atoms with van der Waals surface area (Å²) in [6.45, 7) is 3.69. The Hall–Kier alpha value is -1.70. The fourth-order valence-corrected chi connectivity index (χ4v) is 4.92. The Morgan fingerprint density at radius 2 is 2.08 bits per heavy atom. The smallest absolute Gasteiger partial charge is 0.243 e. The van der Waals surface area contributed by atoms with Crippen molar-refractivity contribution in [2.45, 2.75) is 37.4 Å². The van der Waals surface area contributed by atoms with Crippen LogP contribution < -0.4 is 0 Å². The molecule has 0 saturated heterocycles. The van der Waals surface area contributed by atoms with Gasteiger partial charge in [0.25, 0.3) is 0 Å². The standard InChI is InChI=1S/C17H24N4O2S/c1-14-5-4-6-17(11-14)24(22,23)21-13-15-7-9-18-20(15)10-8-16(21)12-19(2)3/h4-7,9,11,16H,8,10,12-13H2,1-3H3/t16-/m1/s1. The van der Waals surface area contributed by atoms with Crippen LogP contribution in [-0.2, 0) is 23.1 Å². The molecule has 1 atom stereocenters. The van der Waals surface area contributed by atoms with E-state index in [1.165, 1.54) is 0 Å². The maximum atomic E-state index is 13.3. The summed E-state index contributed by atoms with van der Waals surface area (Å²) in [5.74, 6) is 0. The van der Waals surface area contributed by atoms with Gasteiger partial charge >= 0.3 is 0 Å². The van der Waals surface area contributed by atoms with Crippen LogP contribution in [0, 0.1) is 6.92 Å². The maximum absolute atomic E-state index is 13.3. The zero-order valence-electron chi connectivity index (χ0n) is 14.4. The highest BCUT2D eigenvalue weighted by Crippen LogP contribution is 2.26. The first-order chi connectivity index (χ1) is 11.4. The third kappa shape index (κ3) is 3.38. The molecule has 1 aromatic heterocycles. The summed E-state index contributed by atoms with van der Waals surface area (Å²) in [5, 5.41) is 4.32. The van der Waals surface area contributed by atoms with E-state index in [2.05, 4.69) is 5.10 Å². The lowest BCUT2D eigenvalue weighted by Gasteiger charge is -2.30. The van der Waals surface area contributed by atoms with Gasteiger partial charge in [-0.2, -0.15) is 9.40 Å². The lowest BCUT2D eigenvalue weighted by Crippen LogP contribution is -2.44. The van der Waals surface area contributed by atoms with Crippen molar-refractivity contribution in [1.29, 1.82) is 0 Å². The third-order valence-electron chi connectivity index (χ3n) is 4.38. The zero-order chi connectivity index (χ0) is 17.3. The number of rotatable bonds is 4. The van der Waals surface area contributed by atoms with E-state index >= 15 is 0 Å². The Morgan fingerprint density at radius 3 is 2.79 bits per heavy atom. The van der Waals surface area contributed by atoms with Gasteiger partial charge in [-0.05, 0) is 51.2 Å². The largest absolute Gasteiger partial charge is 0.308 e. The quantitative estimate of drug-likeness (QED) is 0.844. The summed E-state index contributed by atoms with van der Waals surface area (Å²) < 4.78 is 30.1. The van der Waals surface area contributed by atoms with Gasteiger partial charge in [-0.3, -0.25) is 4.68 Å². The van der Waals surface area contributed by atoms with E-state index in [4.69, 9.17) is 0 Å². The van der Waals surface area contributed by atoms with Crippen LogP contribution in [0.3, 0.4) is 0 Å². The van der Waals surface area contributed by atoms with Crippen LogP contribution in [0.25, 0.3) is 0 Å². The number of benzene rings is 1. The van der Waals surface area contributed by atoms with Crippen LogP contribution in [-0.4, -0.2) is 54.1 Å². The average molecular weight is 348 g/mol. The molecule has 0 aliphatic carbocycles. The summed E-state index contributed by atoms with van der Waals surface area (Å²) in [5.41, 5.74) is 1.88. The molecule has 0 unspecified atom stereocenters. The van der Waals surface area contributed by atoms with E-state index in [0.717, 1.165) is 24.2 Å². The first-order valence-corrected chi connectivity index (χ1v) is 9.56. The van der Waals surface area contributed by atoms with Gasteiger partial charge in [0.1, 0.15) is 0 Å². The van der Waals surface area contributed by atoms with Gasteiger partial charge < -0.3 is 4.90 Å². The average Bonchev–Trinajstić information content (AvgIpc) is 2.89. The molecule has 0 spiro atoms. The topological polar surface area (TPSA) is 58.4 Å². The summed E-state index contributed by atoms with van der Waals surface area (Å²) in [6, 6.07) is 8.95. The van der Waals surface area contributed by atoms with E-state index in [1.807, 2.05) is 42.7 Å². The second kappa shape index (κ2) is 6.66. The molecule has 0 N–H and O–H groups in total. The van der Waals surface area contributed by atoms with E-state index in [9.17, 15) is 8.42 Å². The molecule has 2 aromatic rings. The van der Waals surface area contributed by atoms with Gasteiger partial charge in [-0.1, -0.05) is 12.1 Å². The number of aryl methyl sites for hydroxylation is 2. The van der Waals surface area contributed by atoms with Crippen LogP contribution in [0.5, 0.6) is 0 Å². The Labute approximate surface area is 143 Å². The number of hydrogen-bond donors (Lipinski definition) is 0. The molecule has 24 heavy (non-hydrogen) atoms. The molecular formula is C17H24N4O2S. The van der Waals surface area contributed by atoms with E-state index in [1.54, 1.807) is 28.7 Å².